The van der Waals surface area contributed by atoms with Crippen molar-refractivity contribution in [2.75, 3.05) is 11.1 Å². The Morgan fingerprint density at radius 3 is 2.62 bits per heavy atom. The number of hydrogen-bond acceptors (Lipinski definition) is 5. The Labute approximate surface area is 125 Å². The van der Waals surface area contributed by atoms with E-state index in [1.807, 2.05) is 32.0 Å². The number of nitrogens with zero attached hydrogens (tertiary/aromatic N) is 2. The van der Waals surface area contributed by atoms with Crippen molar-refractivity contribution in [3.63, 3.8) is 0 Å². The lowest BCUT2D eigenvalue weighted by Crippen LogP contribution is -2.13. The Morgan fingerprint density at radius 2 is 1.95 bits per heavy atom. The van der Waals surface area contributed by atoms with E-state index in [0.29, 0.717) is 15.4 Å². The second kappa shape index (κ2) is 5.14. The molecule has 0 radical (unpaired) electrons. The van der Waals surface area contributed by atoms with Crippen LogP contribution in [-0.2, 0) is 0 Å². The summed E-state index contributed by atoms with van der Waals surface area (Å²) in [7, 11) is 0. The second-order valence-electron chi connectivity index (χ2n) is 4.82. The summed E-state index contributed by atoms with van der Waals surface area (Å²) in [6.07, 6.45) is 1.57. The van der Waals surface area contributed by atoms with Crippen molar-refractivity contribution in [2.45, 2.75) is 13.8 Å². The van der Waals surface area contributed by atoms with Gasteiger partial charge in [-0.3, -0.25) is 4.79 Å². The van der Waals surface area contributed by atoms with Crippen LogP contribution in [0.2, 0.25) is 0 Å². The monoisotopic (exact) mass is 298 g/mol. The first kappa shape index (κ1) is 13.5. The Morgan fingerprint density at radius 1 is 1.24 bits per heavy atom. The number of amides is 1. The summed E-state index contributed by atoms with van der Waals surface area (Å²) in [6, 6.07) is 7.65. The summed E-state index contributed by atoms with van der Waals surface area (Å²) in [4.78, 5) is 13.6. The zero-order chi connectivity index (χ0) is 15.0. The maximum atomic E-state index is 12.5. The van der Waals surface area contributed by atoms with E-state index in [1.54, 1.807) is 12.3 Å². The molecule has 0 spiro atoms. The molecule has 0 aliphatic rings. The zero-order valence-corrected chi connectivity index (χ0v) is 12.5. The van der Waals surface area contributed by atoms with Gasteiger partial charge in [0, 0.05) is 11.1 Å². The lowest BCUT2D eigenvalue weighted by atomic mass is 10.1. The minimum atomic E-state index is -0.215. The molecule has 106 valence electrons. The summed E-state index contributed by atoms with van der Waals surface area (Å²) < 4.78 is 0. The normalized spacial score (nSPS) is 10.8. The minimum Gasteiger partial charge on any atom is -0.397 e. The molecule has 1 amide bonds. The minimum absolute atomic E-state index is 0.215. The van der Waals surface area contributed by atoms with Crippen LogP contribution in [-0.4, -0.2) is 16.1 Å². The van der Waals surface area contributed by atoms with Crippen LogP contribution in [0.25, 0.3) is 10.2 Å². The first-order chi connectivity index (χ1) is 10.1. The first-order valence-corrected chi connectivity index (χ1v) is 7.27. The van der Waals surface area contributed by atoms with Crippen LogP contribution in [0.3, 0.4) is 0 Å². The SMILES string of the molecule is Cc1cccc(C)c1NC(=O)c1sc2nnccc2c1N. The van der Waals surface area contributed by atoms with Crippen LogP contribution in [0.15, 0.2) is 30.5 Å². The molecule has 3 rings (SSSR count). The summed E-state index contributed by atoms with van der Waals surface area (Å²) in [5.41, 5.74) is 9.36. The highest BCUT2D eigenvalue weighted by atomic mass is 32.1. The third kappa shape index (κ3) is 2.34. The van der Waals surface area contributed by atoms with Gasteiger partial charge >= 0.3 is 0 Å². The lowest BCUT2D eigenvalue weighted by molar-refractivity contribution is 0.103. The van der Waals surface area contributed by atoms with Crippen molar-refractivity contribution in [1.82, 2.24) is 10.2 Å². The molecule has 0 aliphatic heterocycles. The summed E-state index contributed by atoms with van der Waals surface area (Å²) in [5, 5.41) is 11.5. The molecular formula is C15H14N4OS. The van der Waals surface area contributed by atoms with Gasteiger partial charge in [0.25, 0.3) is 5.91 Å². The molecule has 1 aromatic carbocycles. The molecular weight excluding hydrogens is 284 g/mol. The number of aryl methyl sites for hydroxylation is 2. The van der Waals surface area contributed by atoms with Gasteiger partial charge in [-0.05, 0) is 31.0 Å². The van der Waals surface area contributed by atoms with E-state index in [9.17, 15) is 4.79 Å². The van der Waals surface area contributed by atoms with E-state index in [0.717, 1.165) is 22.2 Å². The molecule has 3 N–H and O–H groups in total. The van der Waals surface area contributed by atoms with Crippen LogP contribution in [0.4, 0.5) is 11.4 Å². The maximum absolute atomic E-state index is 12.5. The first-order valence-electron chi connectivity index (χ1n) is 6.45. The summed E-state index contributed by atoms with van der Waals surface area (Å²) in [5.74, 6) is -0.215. The number of anilines is 2. The molecule has 0 saturated heterocycles. The van der Waals surface area contributed by atoms with E-state index in [-0.39, 0.29) is 5.91 Å². The van der Waals surface area contributed by atoms with Gasteiger partial charge in [-0.25, -0.2) is 0 Å². The molecule has 0 bridgehead atoms. The van der Waals surface area contributed by atoms with Crippen LogP contribution in [0, 0.1) is 13.8 Å². The molecule has 2 heterocycles. The number of hydrogen-bond donors (Lipinski definition) is 2. The van der Waals surface area contributed by atoms with E-state index in [1.165, 1.54) is 11.3 Å². The Bertz CT molecular complexity index is 821. The lowest BCUT2D eigenvalue weighted by Gasteiger charge is -2.10. The third-order valence-electron chi connectivity index (χ3n) is 3.35. The predicted molar refractivity (Wildman–Crippen MR) is 85.7 cm³/mol. The van der Waals surface area contributed by atoms with Crippen LogP contribution >= 0.6 is 11.3 Å². The van der Waals surface area contributed by atoms with E-state index in [2.05, 4.69) is 15.5 Å². The van der Waals surface area contributed by atoms with Crippen LogP contribution < -0.4 is 11.1 Å². The van der Waals surface area contributed by atoms with Gasteiger partial charge in [0.15, 0.2) is 0 Å². The zero-order valence-electron chi connectivity index (χ0n) is 11.7. The molecule has 0 atom stereocenters. The van der Waals surface area contributed by atoms with E-state index < -0.39 is 0 Å². The van der Waals surface area contributed by atoms with Gasteiger partial charge in [-0.15, -0.1) is 16.4 Å². The van der Waals surface area contributed by atoms with Crippen molar-refractivity contribution >= 4 is 38.8 Å². The van der Waals surface area contributed by atoms with Gasteiger partial charge in [-0.1, -0.05) is 18.2 Å². The molecule has 0 saturated carbocycles. The fraction of sp³-hybridized carbons (Fsp3) is 0.133. The Balaban J connectivity index is 2.00. The fourth-order valence-corrected chi connectivity index (χ4v) is 3.16. The van der Waals surface area contributed by atoms with Crippen molar-refractivity contribution in [3.05, 3.63) is 46.5 Å². The van der Waals surface area contributed by atoms with Gasteiger partial charge in [0.1, 0.15) is 9.71 Å². The number of para-hydroxylation sites is 1. The fourth-order valence-electron chi connectivity index (χ4n) is 2.22. The predicted octanol–water partition coefficient (Wildman–Crippen LogP) is 3.14. The standard InChI is InChI=1S/C15H14N4OS/c1-8-4-3-5-9(2)12(8)18-14(20)13-11(16)10-6-7-17-19-15(10)21-13/h3-7H,16H2,1-2H3,(H,18,20). The number of aromatic nitrogens is 2. The van der Waals surface area contributed by atoms with Crippen LogP contribution in [0.1, 0.15) is 20.8 Å². The van der Waals surface area contributed by atoms with Gasteiger partial charge in [-0.2, -0.15) is 5.10 Å². The van der Waals surface area contributed by atoms with Crippen molar-refractivity contribution < 1.29 is 4.79 Å². The van der Waals surface area contributed by atoms with Gasteiger partial charge in [0.2, 0.25) is 0 Å². The number of fused-ring (bicyclic) bond motifs is 1. The second-order valence-corrected chi connectivity index (χ2v) is 5.81. The quantitative estimate of drug-likeness (QED) is 0.761. The van der Waals surface area contributed by atoms with Crippen molar-refractivity contribution in [2.24, 2.45) is 0 Å². The van der Waals surface area contributed by atoms with E-state index in [4.69, 9.17) is 5.73 Å². The number of nitrogens with two attached hydrogens (primary N) is 1. The molecule has 0 fully saturated rings. The molecule has 0 unspecified atom stereocenters. The highest BCUT2D eigenvalue weighted by Gasteiger charge is 2.18. The molecule has 6 heteroatoms. The summed E-state index contributed by atoms with van der Waals surface area (Å²) in [6.45, 7) is 3.92. The summed E-state index contributed by atoms with van der Waals surface area (Å²) >= 11 is 1.25. The van der Waals surface area contributed by atoms with Crippen LogP contribution in [0.5, 0.6) is 0 Å². The number of nitrogen functional groups attached to an aromatic ring is 1. The highest BCUT2D eigenvalue weighted by Crippen LogP contribution is 2.32. The average Bonchev–Trinajstić information content (AvgIpc) is 2.81. The van der Waals surface area contributed by atoms with Gasteiger partial charge < -0.3 is 11.1 Å². The molecule has 2 aromatic heterocycles. The smallest absolute Gasteiger partial charge is 0.267 e. The number of benzene rings is 1. The number of nitrogens with one attached hydrogen (secondary N) is 1. The van der Waals surface area contributed by atoms with E-state index >= 15 is 0 Å². The molecule has 21 heavy (non-hydrogen) atoms. The number of rotatable bonds is 2. The average molecular weight is 298 g/mol. The third-order valence-corrected chi connectivity index (χ3v) is 4.45. The van der Waals surface area contributed by atoms with Crippen molar-refractivity contribution in [3.8, 4) is 0 Å². The van der Waals surface area contributed by atoms with Crippen molar-refractivity contribution in [1.29, 1.82) is 0 Å². The maximum Gasteiger partial charge on any atom is 0.267 e. The Hall–Kier alpha value is -2.47. The largest absolute Gasteiger partial charge is 0.397 e. The highest BCUT2D eigenvalue weighted by molar-refractivity contribution is 7.21. The number of carbonyl (C=O) groups excluding carboxylic acids is 1. The molecule has 0 aliphatic carbocycles. The molecule has 3 aromatic rings. The number of carbonyl (C=O) groups is 1. The van der Waals surface area contributed by atoms with Gasteiger partial charge in [0.05, 0.1) is 11.9 Å². The molecule has 5 nitrogen and oxygen atoms in total. The number of thiophene rings is 1. The Kier molecular flexibility index (Phi) is 3.31. The topological polar surface area (TPSA) is 80.9 Å².